The smallest absolute Gasteiger partial charge is 0.199 e. The summed E-state index contributed by atoms with van der Waals surface area (Å²) in [7, 11) is 0. The summed E-state index contributed by atoms with van der Waals surface area (Å²) in [5, 5.41) is 0. The Morgan fingerprint density at radius 3 is 2.29 bits per heavy atom. The van der Waals surface area contributed by atoms with Crippen LogP contribution in [0.1, 0.15) is 17.3 Å². The standard InChI is InChI=1S/C9H6F4O/c1-4(10)9(14)5-2-3-6(11)8(13)7(5)12/h2-4H,1H3. The van der Waals surface area contributed by atoms with Gasteiger partial charge in [-0.2, -0.15) is 0 Å². The summed E-state index contributed by atoms with van der Waals surface area (Å²) >= 11 is 0. The van der Waals surface area contributed by atoms with Crippen LogP contribution >= 0.6 is 0 Å². The molecule has 1 nitrogen and oxygen atoms in total. The average molecular weight is 206 g/mol. The van der Waals surface area contributed by atoms with Gasteiger partial charge in [0.2, 0.25) is 0 Å². The molecule has 0 N–H and O–H groups in total. The normalized spacial score (nSPS) is 12.6. The zero-order valence-electron chi connectivity index (χ0n) is 7.15. The van der Waals surface area contributed by atoms with E-state index < -0.39 is 35.0 Å². The van der Waals surface area contributed by atoms with E-state index in [0.717, 1.165) is 6.92 Å². The number of halogens is 4. The number of alkyl halides is 1. The molecule has 0 heterocycles. The number of hydrogen-bond acceptors (Lipinski definition) is 1. The predicted molar refractivity (Wildman–Crippen MR) is 41.2 cm³/mol. The lowest BCUT2D eigenvalue weighted by Crippen LogP contribution is -2.14. The zero-order chi connectivity index (χ0) is 10.9. The number of Topliss-reactive ketones (excluding diaryl/α,β-unsaturated/α-hetero) is 1. The lowest BCUT2D eigenvalue weighted by atomic mass is 10.1. The lowest BCUT2D eigenvalue weighted by molar-refractivity contribution is 0.0887. The summed E-state index contributed by atoms with van der Waals surface area (Å²) in [5.74, 6) is -6.04. The minimum atomic E-state index is -1.95. The molecule has 0 aromatic heterocycles. The van der Waals surface area contributed by atoms with E-state index >= 15 is 0 Å². The van der Waals surface area contributed by atoms with Crippen LogP contribution in [0.5, 0.6) is 0 Å². The molecule has 0 aliphatic heterocycles. The van der Waals surface area contributed by atoms with Crippen LogP contribution in [0.25, 0.3) is 0 Å². The van der Waals surface area contributed by atoms with Crippen molar-refractivity contribution in [3.8, 4) is 0 Å². The Labute approximate surface area is 77.3 Å². The molecule has 5 heteroatoms. The van der Waals surface area contributed by atoms with Gasteiger partial charge in [-0.25, -0.2) is 17.6 Å². The number of rotatable bonds is 2. The lowest BCUT2D eigenvalue weighted by Gasteiger charge is -2.03. The molecule has 0 bridgehead atoms. The molecule has 1 unspecified atom stereocenters. The van der Waals surface area contributed by atoms with Gasteiger partial charge in [-0.05, 0) is 19.1 Å². The third kappa shape index (κ3) is 1.76. The number of ketones is 1. The molecule has 0 saturated carbocycles. The molecule has 0 aliphatic carbocycles. The number of benzene rings is 1. The maximum absolute atomic E-state index is 12.9. The van der Waals surface area contributed by atoms with Crippen LogP contribution in [0, 0.1) is 17.5 Å². The third-order valence-corrected chi connectivity index (χ3v) is 1.66. The molecule has 0 spiro atoms. The second kappa shape index (κ2) is 3.77. The van der Waals surface area contributed by atoms with Gasteiger partial charge in [0.15, 0.2) is 29.4 Å². The van der Waals surface area contributed by atoms with E-state index in [0.29, 0.717) is 12.1 Å². The monoisotopic (exact) mass is 206 g/mol. The van der Waals surface area contributed by atoms with Crippen molar-refractivity contribution in [2.75, 3.05) is 0 Å². The molecule has 1 rings (SSSR count). The summed E-state index contributed by atoms with van der Waals surface area (Å²) in [5.41, 5.74) is -0.779. The first kappa shape index (κ1) is 10.7. The van der Waals surface area contributed by atoms with Gasteiger partial charge in [0, 0.05) is 0 Å². The van der Waals surface area contributed by atoms with Gasteiger partial charge in [-0.1, -0.05) is 0 Å². The maximum atomic E-state index is 12.9. The molecule has 0 fully saturated rings. The second-order valence-corrected chi connectivity index (χ2v) is 2.70. The SMILES string of the molecule is CC(F)C(=O)c1ccc(F)c(F)c1F. The predicted octanol–water partition coefficient (Wildman–Crippen LogP) is 2.64. The van der Waals surface area contributed by atoms with E-state index in [9.17, 15) is 22.4 Å². The number of carbonyl (C=O) groups is 1. The molecule has 0 saturated heterocycles. The van der Waals surface area contributed by atoms with Crippen molar-refractivity contribution >= 4 is 5.78 Å². The Hall–Kier alpha value is -1.39. The Bertz CT molecular complexity index is 373. The first-order valence-corrected chi connectivity index (χ1v) is 3.77. The summed E-state index contributed by atoms with van der Waals surface area (Å²) in [6.07, 6.45) is -1.95. The number of hydrogen-bond donors (Lipinski definition) is 0. The fraction of sp³-hybridized carbons (Fsp3) is 0.222. The van der Waals surface area contributed by atoms with Gasteiger partial charge in [-0.15, -0.1) is 0 Å². The maximum Gasteiger partial charge on any atom is 0.199 e. The van der Waals surface area contributed by atoms with Gasteiger partial charge < -0.3 is 0 Å². The van der Waals surface area contributed by atoms with Crippen molar-refractivity contribution in [2.45, 2.75) is 13.1 Å². The highest BCUT2D eigenvalue weighted by molar-refractivity contribution is 5.99. The summed E-state index contributed by atoms with van der Waals surface area (Å²) in [6, 6.07) is 1.29. The van der Waals surface area contributed by atoms with Crippen LogP contribution in [0.2, 0.25) is 0 Å². The largest absolute Gasteiger partial charge is 0.291 e. The summed E-state index contributed by atoms with van der Waals surface area (Å²) < 4.78 is 50.3. The molecular weight excluding hydrogens is 200 g/mol. The molecule has 0 radical (unpaired) electrons. The van der Waals surface area contributed by atoms with Crippen molar-refractivity contribution in [1.82, 2.24) is 0 Å². The van der Waals surface area contributed by atoms with E-state index in [1.165, 1.54) is 0 Å². The molecule has 1 atom stereocenters. The van der Waals surface area contributed by atoms with Gasteiger partial charge in [0.1, 0.15) is 0 Å². The number of carbonyl (C=O) groups excluding carboxylic acids is 1. The fourth-order valence-electron chi connectivity index (χ4n) is 0.930. The van der Waals surface area contributed by atoms with Gasteiger partial charge in [0.25, 0.3) is 0 Å². The highest BCUT2D eigenvalue weighted by atomic mass is 19.2. The first-order chi connectivity index (χ1) is 6.45. The Morgan fingerprint density at radius 2 is 1.79 bits per heavy atom. The van der Waals surface area contributed by atoms with E-state index in [2.05, 4.69) is 0 Å². The highest BCUT2D eigenvalue weighted by Crippen LogP contribution is 2.17. The Balaban J connectivity index is 3.24. The Kier molecular flexibility index (Phi) is 2.88. The average Bonchev–Trinajstić information content (AvgIpc) is 2.13. The van der Waals surface area contributed by atoms with E-state index in [-0.39, 0.29) is 0 Å². The van der Waals surface area contributed by atoms with Gasteiger partial charge in [0.05, 0.1) is 5.56 Å². The minimum Gasteiger partial charge on any atom is -0.291 e. The van der Waals surface area contributed by atoms with Crippen LogP contribution in [-0.2, 0) is 0 Å². The minimum absolute atomic E-state index is 0.577. The molecule has 76 valence electrons. The van der Waals surface area contributed by atoms with Crippen LogP contribution in [0.3, 0.4) is 0 Å². The van der Waals surface area contributed by atoms with Crippen molar-refractivity contribution in [3.63, 3.8) is 0 Å². The van der Waals surface area contributed by atoms with Crippen molar-refractivity contribution < 1.29 is 22.4 Å². The first-order valence-electron chi connectivity index (χ1n) is 3.77. The van der Waals surface area contributed by atoms with Gasteiger partial charge >= 0.3 is 0 Å². The van der Waals surface area contributed by atoms with Crippen LogP contribution in [-0.4, -0.2) is 12.0 Å². The molecule has 0 amide bonds. The Morgan fingerprint density at radius 1 is 1.21 bits per heavy atom. The summed E-state index contributed by atoms with van der Waals surface area (Å²) in [4.78, 5) is 10.9. The van der Waals surface area contributed by atoms with Crippen LogP contribution in [0.4, 0.5) is 17.6 Å². The quantitative estimate of drug-likeness (QED) is 0.413. The van der Waals surface area contributed by atoms with E-state index in [1.54, 1.807) is 0 Å². The van der Waals surface area contributed by atoms with E-state index in [4.69, 9.17) is 0 Å². The molecule has 1 aromatic carbocycles. The topological polar surface area (TPSA) is 17.1 Å². The van der Waals surface area contributed by atoms with Crippen LogP contribution in [0.15, 0.2) is 12.1 Å². The van der Waals surface area contributed by atoms with Crippen molar-refractivity contribution in [2.24, 2.45) is 0 Å². The molecule has 0 aliphatic rings. The zero-order valence-corrected chi connectivity index (χ0v) is 7.15. The third-order valence-electron chi connectivity index (χ3n) is 1.66. The molecule has 1 aromatic rings. The fourth-order valence-corrected chi connectivity index (χ4v) is 0.930. The summed E-state index contributed by atoms with van der Waals surface area (Å²) in [6.45, 7) is 0.892. The second-order valence-electron chi connectivity index (χ2n) is 2.70. The van der Waals surface area contributed by atoms with E-state index in [1.807, 2.05) is 0 Å². The molecule has 14 heavy (non-hydrogen) atoms. The van der Waals surface area contributed by atoms with Crippen molar-refractivity contribution in [3.05, 3.63) is 35.1 Å². The van der Waals surface area contributed by atoms with Crippen molar-refractivity contribution in [1.29, 1.82) is 0 Å². The van der Waals surface area contributed by atoms with Crippen LogP contribution < -0.4 is 0 Å². The molecular formula is C9H6F4O. The van der Waals surface area contributed by atoms with Gasteiger partial charge in [-0.3, -0.25) is 4.79 Å². The highest BCUT2D eigenvalue weighted by Gasteiger charge is 2.22.